The molecular formula is C17H17N3O2. The van der Waals surface area contributed by atoms with Crippen LogP contribution >= 0.6 is 0 Å². The second-order valence-corrected chi connectivity index (χ2v) is 5.65. The molecule has 1 saturated heterocycles. The SMILES string of the molecule is Cc1cccc(CN2C(=O)NC(C)(c3ccccn3)C2=O)c1. The summed E-state index contributed by atoms with van der Waals surface area (Å²) in [6.07, 6.45) is 1.61. The van der Waals surface area contributed by atoms with E-state index in [1.54, 1.807) is 31.3 Å². The quantitative estimate of drug-likeness (QED) is 0.884. The van der Waals surface area contributed by atoms with E-state index in [4.69, 9.17) is 0 Å². The summed E-state index contributed by atoms with van der Waals surface area (Å²) < 4.78 is 0. The number of hydrogen-bond acceptors (Lipinski definition) is 3. The number of benzene rings is 1. The lowest BCUT2D eigenvalue weighted by molar-refractivity contribution is -0.131. The second kappa shape index (κ2) is 5.26. The third-order valence-electron chi connectivity index (χ3n) is 3.88. The van der Waals surface area contributed by atoms with Crippen molar-refractivity contribution < 1.29 is 9.59 Å². The van der Waals surface area contributed by atoms with Crippen LogP contribution in [0.1, 0.15) is 23.7 Å². The lowest BCUT2D eigenvalue weighted by atomic mass is 9.97. The van der Waals surface area contributed by atoms with Crippen molar-refractivity contribution in [1.29, 1.82) is 0 Å². The molecule has 1 atom stereocenters. The van der Waals surface area contributed by atoms with E-state index in [-0.39, 0.29) is 18.5 Å². The maximum atomic E-state index is 12.7. The van der Waals surface area contributed by atoms with Gasteiger partial charge in [0, 0.05) is 6.20 Å². The molecule has 1 unspecified atom stereocenters. The Hall–Kier alpha value is -2.69. The number of nitrogens with one attached hydrogen (secondary N) is 1. The van der Waals surface area contributed by atoms with Crippen molar-refractivity contribution in [1.82, 2.24) is 15.2 Å². The molecule has 5 nitrogen and oxygen atoms in total. The molecule has 1 aliphatic rings. The van der Waals surface area contributed by atoms with Gasteiger partial charge in [0.05, 0.1) is 12.2 Å². The Morgan fingerprint density at radius 1 is 1.18 bits per heavy atom. The van der Waals surface area contributed by atoms with Crippen LogP contribution in [0.5, 0.6) is 0 Å². The van der Waals surface area contributed by atoms with Gasteiger partial charge in [0.15, 0.2) is 5.54 Å². The lowest BCUT2D eigenvalue weighted by Crippen LogP contribution is -2.41. The predicted octanol–water partition coefficient (Wildman–Crippen LogP) is 2.36. The molecule has 0 aliphatic carbocycles. The zero-order valence-corrected chi connectivity index (χ0v) is 12.5. The number of carbonyl (C=O) groups is 2. The summed E-state index contributed by atoms with van der Waals surface area (Å²) in [5.74, 6) is -0.280. The zero-order valence-electron chi connectivity index (χ0n) is 12.5. The van der Waals surface area contributed by atoms with Gasteiger partial charge in [0.25, 0.3) is 5.91 Å². The molecule has 0 saturated carbocycles. The molecule has 0 spiro atoms. The first kappa shape index (κ1) is 14.3. The Kier molecular flexibility index (Phi) is 3.41. The van der Waals surface area contributed by atoms with E-state index in [2.05, 4.69) is 10.3 Å². The number of rotatable bonds is 3. The number of amides is 3. The normalized spacial score (nSPS) is 21.1. The number of aryl methyl sites for hydroxylation is 1. The highest BCUT2D eigenvalue weighted by molar-refractivity contribution is 6.06. The molecule has 2 heterocycles. The first-order valence-corrected chi connectivity index (χ1v) is 7.12. The van der Waals surface area contributed by atoms with Crippen molar-refractivity contribution in [3.05, 3.63) is 65.5 Å². The van der Waals surface area contributed by atoms with Crippen LogP contribution in [0.25, 0.3) is 0 Å². The highest BCUT2D eigenvalue weighted by Crippen LogP contribution is 2.28. The molecular weight excluding hydrogens is 278 g/mol. The summed E-state index contributed by atoms with van der Waals surface area (Å²) in [4.78, 5) is 30.4. The first-order chi connectivity index (χ1) is 10.5. The van der Waals surface area contributed by atoms with Crippen LogP contribution in [-0.4, -0.2) is 21.8 Å². The van der Waals surface area contributed by atoms with Crippen LogP contribution in [0.4, 0.5) is 4.79 Å². The summed E-state index contributed by atoms with van der Waals surface area (Å²) in [6, 6.07) is 12.7. The molecule has 1 aliphatic heterocycles. The topological polar surface area (TPSA) is 62.3 Å². The summed E-state index contributed by atoms with van der Waals surface area (Å²) in [5.41, 5.74) is 1.45. The van der Waals surface area contributed by atoms with Gasteiger partial charge in [-0.3, -0.25) is 14.7 Å². The van der Waals surface area contributed by atoms with Gasteiger partial charge in [0.2, 0.25) is 0 Å². The Morgan fingerprint density at radius 3 is 2.68 bits per heavy atom. The molecule has 1 aromatic heterocycles. The molecule has 112 valence electrons. The summed E-state index contributed by atoms with van der Waals surface area (Å²) in [5, 5.41) is 2.76. The minimum absolute atomic E-state index is 0.259. The number of pyridine rings is 1. The smallest absolute Gasteiger partial charge is 0.318 e. The molecule has 3 amide bonds. The van der Waals surface area contributed by atoms with E-state index in [1.807, 2.05) is 31.2 Å². The van der Waals surface area contributed by atoms with Gasteiger partial charge in [0.1, 0.15) is 0 Å². The van der Waals surface area contributed by atoms with Crippen molar-refractivity contribution in [2.24, 2.45) is 0 Å². The van der Waals surface area contributed by atoms with Gasteiger partial charge in [-0.15, -0.1) is 0 Å². The number of urea groups is 1. The van der Waals surface area contributed by atoms with Crippen molar-refractivity contribution in [2.75, 3.05) is 0 Å². The van der Waals surface area contributed by atoms with Gasteiger partial charge >= 0.3 is 6.03 Å². The fraction of sp³-hybridized carbons (Fsp3) is 0.235. The maximum Gasteiger partial charge on any atom is 0.325 e. The van der Waals surface area contributed by atoms with Gasteiger partial charge in [-0.1, -0.05) is 35.9 Å². The number of imide groups is 1. The molecule has 1 N–H and O–H groups in total. The Morgan fingerprint density at radius 2 is 2.00 bits per heavy atom. The monoisotopic (exact) mass is 295 g/mol. The highest BCUT2D eigenvalue weighted by atomic mass is 16.2. The number of aromatic nitrogens is 1. The van der Waals surface area contributed by atoms with E-state index in [0.717, 1.165) is 11.1 Å². The van der Waals surface area contributed by atoms with Crippen LogP contribution < -0.4 is 5.32 Å². The van der Waals surface area contributed by atoms with Crippen LogP contribution in [0, 0.1) is 6.92 Å². The minimum atomic E-state index is -1.11. The van der Waals surface area contributed by atoms with E-state index in [9.17, 15) is 9.59 Å². The van der Waals surface area contributed by atoms with Crippen LogP contribution in [0.2, 0.25) is 0 Å². The second-order valence-electron chi connectivity index (χ2n) is 5.65. The van der Waals surface area contributed by atoms with Gasteiger partial charge in [-0.25, -0.2) is 4.79 Å². The van der Waals surface area contributed by atoms with Crippen LogP contribution in [0.3, 0.4) is 0 Å². The average Bonchev–Trinajstić information content (AvgIpc) is 2.73. The van der Waals surface area contributed by atoms with Gasteiger partial charge < -0.3 is 5.32 Å². The fourth-order valence-corrected chi connectivity index (χ4v) is 2.67. The molecule has 0 bridgehead atoms. The van der Waals surface area contributed by atoms with E-state index in [1.165, 1.54) is 4.90 Å². The average molecular weight is 295 g/mol. The fourth-order valence-electron chi connectivity index (χ4n) is 2.67. The summed E-state index contributed by atoms with van der Waals surface area (Å²) in [6.45, 7) is 3.92. The van der Waals surface area contributed by atoms with Crippen molar-refractivity contribution in [3.8, 4) is 0 Å². The molecule has 1 fully saturated rings. The number of carbonyl (C=O) groups excluding carboxylic acids is 2. The van der Waals surface area contributed by atoms with E-state index in [0.29, 0.717) is 5.69 Å². The lowest BCUT2D eigenvalue weighted by Gasteiger charge is -2.21. The third kappa shape index (κ3) is 2.35. The Balaban J connectivity index is 1.89. The molecule has 0 radical (unpaired) electrons. The van der Waals surface area contributed by atoms with Crippen molar-refractivity contribution in [3.63, 3.8) is 0 Å². The standard InChI is InChI=1S/C17H17N3O2/c1-12-6-5-7-13(10-12)11-20-15(21)17(2,19-16(20)22)14-8-3-4-9-18-14/h3-10H,11H2,1-2H3,(H,19,22). The van der Waals surface area contributed by atoms with Gasteiger partial charge in [-0.2, -0.15) is 0 Å². The Bertz CT molecular complexity index is 730. The van der Waals surface area contributed by atoms with Crippen LogP contribution in [0.15, 0.2) is 48.7 Å². The first-order valence-electron chi connectivity index (χ1n) is 7.12. The largest absolute Gasteiger partial charge is 0.325 e. The zero-order chi connectivity index (χ0) is 15.7. The molecule has 3 rings (SSSR count). The van der Waals surface area contributed by atoms with E-state index >= 15 is 0 Å². The predicted molar refractivity (Wildman–Crippen MR) is 81.8 cm³/mol. The molecule has 2 aromatic rings. The number of hydrogen-bond donors (Lipinski definition) is 1. The van der Waals surface area contributed by atoms with Crippen molar-refractivity contribution in [2.45, 2.75) is 25.9 Å². The summed E-state index contributed by atoms with van der Waals surface area (Å²) in [7, 11) is 0. The highest BCUT2D eigenvalue weighted by Gasteiger charge is 2.49. The Labute approximate surface area is 129 Å². The summed E-state index contributed by atoms with van der Waals surface area (Å²) >= 11 is 0. The molecule has 1 aromatic carbocycles. The molecule has 5 heteroatoms. The van der Waals surface area contributed by atoms with Gasteiger partial charge in [-0.05, 0) is 31.5 Å². The van der Waals surface area contributed by atoms with Crippen molar-refractivity contribution >= 4 is 11.9 Å². The maximum absolute atomic E-state index is 12.7. The van der Waals surface area contributed by atoms with E-state index < -0.39 is 5.54 Å². The van der Waals surface area contributed by atoms with Crippen LogP contribution in [-0.2, 0) is 16.9 Å². The minimum Gasteiger partial charge on any atom is -0.318 e. The third-order valence-corrected chi connectivity index (χ3v) is 3.88. The molecule has 22 heavy (non-hydrogen) atoms. The number of nitrogens with zero attached hydrogens (tertiary/aromatic N) is 2.